The van der Waals surface area contributed by atoms with Crippen LogP contribution < -0.4 is 5.73 Å². The van der Waals surface area contributed by atoms with Crippen LogP contribution in [0.5, 0.6) is 0 Å². The van der Waals surface area contributed by atoms with E-state index in [9.17, 15) is 4.79 Å². The first-order chi connectivity index (χ1) is 12.0. The maximum Gasteiger partial charge on any atom is 0.254 e. The van der Waals surface area contributed by atoms with E-state index in [4.69, 9.17) is 10.5 Å². The van der Waals surface area contributed by atoms with Crippen LogP contribution in [0.2, 0.25) is 0 Å². The normalized spacial score (nSPS) is 19.8. The molecule has 1 saturated heterocycles. The Morgan fingerprint density at radius 3 is 2.54 bits per heavy atom. The van der Waals surface area contributed by atoms with Gasteiger partial charge >= 0.3 is 0 Å². The number of ether oxygens (including phenoxy) is 1. The van der Waals surface area contributed by atoms with Crippen molar-refractivity contribution in [3.63, 3.8) is 0 Å². The smallest absolute Gasteiger partial charge is 0.254 e. The first-order valence-corrected chi connectivity index (χ1v) is 8.78. The van der Waals surface area contributed by atoms with Gasteiger partial charge in [-0.05, 0) is 49.6 Å². The molecular formula is C21H27ClN2O2. The molecule has 140 valence electrons. The van der Waals surface area contributed by atoms with Gasteiger partial charge in [0.2, 0.25) is 0 Å². The average Bonchev–Trinajstić information content (AvgIpc) is 2.64. The van der Waals surface area contributed by atoms with Crippen molar-refractivity contribution in [3.05, 3.63) is 70.3 Å². The third kappa shape index (κ3) is 4.26. The molecule has 2 N–H and O–H groups in total. The quantitative estimate of drug-likeness (QED) is 0.889. The van der Waals surface area contributed by atoms with Crippen molar-refractivity contribution in [2.45, 2.75) is 39.5 Å². The lowest BCUT2D eigenvalue weighted by Gasteiger charge is -2.38. The number of benzene rings is 2. The molecule has 3 rings (SSSR count). The summed E-state index contributed by atoms with van der Waals surface area (Å²) < 4.78 is 6.05. The largest absolute Gasteiger partial charge is 0.370 e. The van der Waals surface area contributed by atoms with Crippen LogP contribution >= 0.6 is 12.4 Å². The van der Waals surface area contributed by atoms with E-state index < -0.39 is 0 Å². The van der Waals surface area contributed by atoms with Crippen LogP contribution in [0.3, 0.4) is 0 Å². The fraction of sp³-hybridized carbons (Fsp3) is 0.381. The van der Waals surface area contributed by atoms with E-state index in [2.05, 4.69) is 32.0 Å². The fourth-order valence-electron chi connectivity index (χ4n) is 3.28. The van der Waals surface area contributed by atoms with E-state index in [0.29, 0.717) is 25.3 Å². The lowest BCUT2D eigenvalue weighted by molar-refractivity contribution is -0.0489. The highest BCUT2D eigenvalue weighted by Gasteiger charge is 2.31. The van der Waals surface area contributed by atoms with Gasteiger partial charge in [0.05, 0.1) is 19.2 Å². The number of nitrogens with zero attached hydrogens (tertiary/aromatic N) is 1. The number of carbonyl (C=O) groups is 1. The summed E-state index contributed by atoms with van der Waals surface area (Å²) in [5.41, 5.74) is 10.9. The number of carbonyl (C=O) groups excluding carboxylic acids is 1. The Morgan fingerprint density at radius 2 is 1.88 bits per heavy atom. The van der Waals surface area contributed by atoms with Gasteiger partial charge in [0.25, 0.3) is 5.91 Å². The van der Waals surface area contributed by atoms with Crippen molar-refractivity contribution in [3.8, 4) is 0 Å². The SMILES string of the molecule is Cc1ccc(C)c(C2CN(C(=O)c3ccc(CN)cc3)C(C)CO2)c1.Cl. The van der Waals surface area contributed by atoms with Crippen molar-refractivity contribution < 1.29 is 9.53 Å². The van der Waals surface area contributed by atoms with Crippen LogP contribution in [0.1, 0.15) is 45.6 Å². The highest BCUT2D eigenvalue weighted by Crippen LogP contribution is 2.29. The van der Waals surface area contributed by atoms with Crippen molar-refractivity contribution in [2.75, 3.05) is 13.2 Å². The van der Waals surface area contributed by atoms with Crippen LogP contribution in [-0.2, 0) is 11.3 Å². The van der Waals surface area contributed by atoms with Crippen LogP contribution in [-0.4, -0.2) is 30.0 Å². The fourth-order valence-corrected chi connectivity index (χ4v) is 3.28. The molecule has 1 aliphatic heterocycles. The van der Waals surface area contributed by atoms with E-state index in [0.717, 1.165) is 5.56 Å². The maximum absolute atomic E-state index is 13.0. The van der Waals surface area contributed by atoms with Crippen LogP contribution in [0.15, 0.2) is 42.5 Å². The number of hydrogen-bond donors (Lipinski definition) is 1. The van der Waals surface area contributed by atoms with Gasteiger partial charge in [-0.15, -0.1) is 12.4 Å². The molecule has 4 nitrogen and oxygen atoms in total. The predicted octanol–water partition coefficient (Wildman–Crippen LogP) is 3.79. The summed E-state index contributed by atoms with van der Waals surface area (Å²) in [6.45, 7) is 7.81. The molecule has 1 aliphatic rings. The highest BCUT2D eigenvalue weighted by atomic mass is 35.5. The summed E-state index contributed by atoms with van der Waals surface area (Å²) in [6.07, 6.45) is -0.0802. The Morgan fingerprint density at radius 1 is 1.19 bits per heavy atom. The predicted molar refractivity (Wildman–Crippen MR) is 107 cm³/mol. The number of amides is 1. The Hall–Kier alpha value is -1.88. The molecule has 1 amide bonds. The molecule has 2 aromatic rings. The Balaban J connectivity index is 0.00000243. The van der Waals surface area contributed by atoms with Crippen LogP contribution in [0.25, 0.3) is 0 Å². The van der Waals surface area contributed by atoms with E-state index in [1.165, 1.54) is 16.7 Å². The van der Waals surface area contributed by atoms with Gasteiger partial charge in [-0.25, -0.2) is 0 Å². The number of hydrogen-bond acceptors (Lipinski definition) is 3. The first kappa shape index (κ1) is 20.4. The molecule has 1 heterocycles. The van der Waals surface area contributed by atoms with E-state index in [1.807, 2.05) is 36.1 Å². The standard InChI is InChI=1S/C21H26N2O2.ClH/c1-14-4-5-15(2)19(10-14)20-12-23(16(3)13-25-20)21(24)18-8-6-17(11-22)7-9-18;/h4-10,16,20H,11-13,22H2,1-3H3;1H. The summed E-state index contributed by atoms with van der Waals surface area (Å²) in [5, 5.41) is 0. The molecule has 2 atom stereocenters. The zero-order chi connectivity index (χ0) is 18.0. The van der Waals surface area contributed by atoms with Gasteiger partial charge < -0.3 is 15.4 Å². The van der Waals surface area contributed by atoms with Gasteiger partial charge in [-0.1, -0.05) is 35.9 Å². The summed E-state index contributed by atoms with van der Waals surface area (Å²) in [4.78, 5) is 14.9. The molecule has 26 heavy (non-hydrogen) atoms. The van der Waals surface area contributed by atoms with Crippen molar-refractivity contribution in [1.29, 1.82) is 0 Å². The summed E-state index contributed by atoms with van der Waals surface area (Å²) in [7, 11) is 0. The molecule has 1 fully saturated rings. The van der Waals surface area contributed by atoms with Gasteiger partial charge in [-0.3, -0.25) is 4.79 Å². The maximum atomic E-state index is 13.0. The van der Waals surface area contributed by atoms with Gasteiger partial charge in [-0.2, -0.15) is 0 Å². The average molecular weight is 375 g/mol. The molecule has 0 radical (unpaired) electrons. The van der Waals surface area contributed by atoms with Crippen molar-refractivity contribution in [1.82, 2.24) is 4.90 Å². The topological polar surface area (TPSA) is 55.6 Å². The second-order valence-electron chi connectivity index (χ2n) is 6.89. The summed E-state index contributed by atoms with van der Waals surface area (Å²) in [5.74, 6) is 0.0506. The minimum absolute atomic E-state index is 0. The molecule has 2 aromatic carbocycles. The molecule has 0 bridgehead atoms. The molecule has 0 saturated carbocycles. The zero-order valence-corrected chi connectivity index (χ0v) is 16.4. The highest BCUT2D eigenvalue weighted by molar-refractivity contribution is 5.94. The van der Waals surface area contributed by atoms with E-state index >= 15 is 0 Å². The van der Waals surface area contributed by atoms with Gasteiger partial charge in [0.1, 0.15) is 6.10 Å². The minimum atomic E-state index is -0.0802. The molecule has 2 unspecified atom stereocenters. The minimum Gasteiger partial charge on any atom is -0.370 e. The van der Waals surface area contributed by atoms with Crippen LogP contribution in [0, 0.1) is 13.8 Å². The lowest BCUT2D eigenvalue weighted by Crippen LogP contribution is -2.48. The van der Waals surface area contributed by atoms with Crippen LogP contribution in [0.4, 0.5) is 0 Å². The van der Waals surface area contributed by atoms with Gasteiger partial charge in [0, 0.05) is 12.1 Å². The Bertz CT molecular complexity index is 761. The third-order valence-electron chi connectivity index (χ3n) is 4.91. The number of halogens is 1. The third-order valence-corrected chi connectivity index (χ3v) is 4.91. The Labute approximate surface area is 161 Å². The van der Waals surface area contributed by atoms with Gasteiger partial charge in [0.15, 0.2) is 0 Å². The van der Waals surface area contributed by atoms with E-state index in [1.54, 1.807) is 0 Å². The summed E-state index contributed by atoms with van der Waals surface area (Å²) in [6, 6.07) is 14.0. The number of nitrogens with two attached hydrogens (primary N) is 1. The number of aryl methyl sites for hydroxylation is 2. The second kappa shape index (κ2) is 8.67. The van der Waals surface area contributed by atoms with E-state index in [-0.39, 0.29) is 30.5 Å². The molecule has 5 heteroatoms. The summed E-state index contributed by atoms with van der Waals surface area (Å²) >= 11 is 0. The first-order valence-electron chi connectivity index (χ1n) is 8.78. The molecule has 0 aromatic heterocycles. The Kier molecular flexibility index (Phi) is 6.81. The monoisotopic (exact) mass is 374 g/mol. The zero-order valence-electron chi connectivity index (χ0n) is 15.6. The number of morpholine rings is 1. The molecular weight excluding hydrogens is 348 g/mol. The number of rotatable bonds is 3. The second-order valence-corrected chi connectivity index (χ2v) is 6.89. The molecule has 0 aliphatic carbocycles. The van der Waals surface area contributed by atoms with Crippen molar-refractivity contribution in [2.24, 2.45) is 5.73 Å². The molecule has 0 spiro atoms. The van der Waals surface area contributed by atoms with Crippen molar-refractivity contribution >= 4 is 18.3 Å². The lowest BCUT2D eigenvalue weighted by atomic mass is 9.98.